The first kappa shape index (κ1) is 24.7. The van der Waals surface area contributed by atoms with Crippen molar-refractivity contribution in [1.29, 1.82) is 0 Å². The number of ether oxygens (including phenoxy) is 1. The Morgan fingerprint density at radius 1 is 0.792 bits per heavy atom. The molecular weight excluding hydrogens is 304 g/mol. The van der Waals surface area contributed by atoms with Crippen LogP contribution in [-0.4, -0.2) is 23.7 Å². The van der Waals surface area contributed by atoms with Crippen molar-refractivity contribution in [3.63, 3.8) is 0 Å². The van der Waals surface area contributed by atoms with E-state index in [9.17, 15) is 9.59 Å². The minimum absolute atomic E-state index is 0.176. The van der Waals surface area contributed by atoms with E-state index < -0.39 is 5.97 Å². The lowest BCUT2D eigenvalue weighted by molar-refractivity contribution is -0.139. The Morgan fingerprint density at radius 2 is 1.17 bits per heavy atom. The number of hydrogen-bond donors (Lipinski definition) is 1. The van der Waals surface area contributed by atoms with E-state index in [-0.39, 0.29) is 11.5 Å². The standard InChI is InChI=1S/C16H30O2.C4H6O2/c1-4-5-6-7-8-9-10-11-12-13-14-18-16(17)15(2)3;1-3(2)4(5)6/h2,4-14H2,1,3H3;1H2,2H3,(H,5,6). The van der Waals surface area contributed by atoms with Gasteiger partial charge in [0, 0.05) is 11.1 Å². The predicted molar refractivity (Wildman–Crippen MR) is 100 cm³/mol. The van der Waals surface area contributed by atoms with Gasteiger partial charge >= 0.3 is 11.9 Å². The highest BCUT2D eigenvalue weighted by Gasteiger charge is 2.01. The summed E-state index contributed by atoms with van der Waals surface area (Å²) in [5, 5.41) is 7.89. The molecule has 0 fully saturated rings. The summed E-state index contributed by atoms with van der Waals surface area (Å²) < 4.78 is 5.04. The Bertz CT molecular complexity index is 360. The number of unbranched alkanes of at least 4 members (excludes halogenated alkanes) is 9. The number of rotatable bonds is 13. The second kappa shape index (κ2) is 17.8. The van der Waals surface area contributed by atoms with Gasteiger partial charge in [0.15, 0.2) is 0 Å². The van der Waals surface area contributed by atoms with Crippen molar-refractivity contribution in [2.24, 2.45) is 0 Å². The molecule has 0 bridgehead atoms. The first-order chi connectivity index (χ1) is 11.3. The van der Waals surface area contributed by atoms with Crippen LogP contribution in [0.5, 0.6) is 0 Å². The van der Waals surface area contributed by atoms with Crippen LogP contribution in [0.25, 0.3) is 0 Å². The quantitative estimate of drug-likeness (QED) is 0.266. The first-order valence-electron chi connectivity index (χ1n) is 9.04. The molecule has 0 aliphatic carbocycles. The van der Waals surface area contributed by atoms with Gasteiger partial charge in [-0.3, -0.25) is 0 Å². The van der Waals surface area contributed by atoms with Gasteiger partial charge in [-0.1, -0.05) is 77.9 Å². The molecule has 4 nitrogen and oxygen atoms in total. The lowest BCUT2D eigenvalue weighted by Gasteiger charge is -2.04. The number of hydrogen-bond acceptors (Lipinski definition) is 3. The molecule has 0 heterocycles. The molecule has 140 valence electrons. The van der Waals surface area contributed by atoms with Crippen molar-refractivity contribution >= 4 is 11.9 Å². The maximum absolute atomic E-state index is 11.1. The largest absolute Gasteiger partial charge is 0.478 e. The Kier molecular flexibility index (Phi) is 18.3. The number of carbonyl (C=O) groups is 2. The maximum Gasteiger partial charge on any atom is 0.333 e. The highest BCUT2D eigenvalue weighted by molar-refractivity contribution is 5.86. The molecule has 24 heavy (non-hydrogen) atoms. The van der Waals surface area contributed by atoms with Crippen LogP contribution in [0, 0.1) is 0 Å². The summed E-state index contributed by atoms with van der Waals surface area (Å²) in [5.74, 6) is -1.19. The van der Waals surface area contributed by atoms with E-state index in [0.29, 0.717) is 12.2 Å². The molecule has 0 spiro atoms. The molecule has 1 N–H and O–H groups in total. The van der Waals surface area contributed by atoms with Crippen molar-refractivity contribution in [1.82, 2.24) is 0 Å². The van der Waals surface area contributed by atoms with E-state index in [1.165, 1.54) is 64.7 Å². The molecule has 0 rings (SSSR count). The zero-order valence-corrected chi connectivity index (χ0v) is 15.9. The average Bonchev–Trinajstić information content (AvgIpc) is 2.52. The van der Waals surface area contributed by atoms with E-state index in [2.05, 4.69) is 20.1 Å². The van der Waals surface area contributed by atoms with Crippen LogP contribution in [0.1, 0.15) is 85.0 Å². The lowest BCUT2D eigenvalue weighted by atomic mass is 10.1. The summed E-state index contributed by atoms with van der Waals surface area (Å²) in [6.07, 6.45) is 13.0. The minimum atomic E-state index is -0.935. The Labute approximate surface area is 148 Å². The summed E-state index contributed by atoms with van der Waals surface area (Å²) in [6.45, 7) is 12.6. The molecule has 0 amide bonds. The Morgan fingerprint density at radius 3 is 1.50 bits per heavy atom. The molecule has 0 saturated heterocycles. The molecule has 0 saturated carbocycles. The van der Waals surface area contributed by atoms with Crippen LogP contribution < -0.4 is 0 Å². The van der Waals surface area contributed by atoms with E-state index >= 15 is 0 Å². The highest BCUT2D eigenvalue weighted by Crippen LogP contribution is 2.10. The summed E-state index contributed by atoms with van der Waals surface area (Å²) in [7, 11) is 0. The third-order valence-corrected chi connectivity index (χ3v) is 3.44. The fourth-order valence-electron chi connectivity index (χ4n) is 1.88. The topological polar surface area (TPSA) is 63.6 Å². The van der Waals surface area contributed by atoms with Gasteiger partial charge in [0.05, 0.1) is 6.61 Å². The zero-order valence-electron chi connectivity index (χ0n) is 15.9. The number of carboxylic acids is 1. The summed E-state index contributed by atoms with van der Waals surface area (Å²) in [5.41, 5.74) is 0.664. The number of aliphatic carboxylic acids is 1. The third kappa shape index (κ3) is 20.4. The molecule has 0 radical (unpaired) electrons. The van der Waals surface area contributed by atoms with Crippen LogP contribution in [-0.2, 0) is 14.3 Å². The molecule has 0 aromatic heterocycles. The molecule has 0 aliphatic heterocycles. The Hall–Kier alpha value is -1.58. The van der Waals surface area contributed by atoms with Crippen molar-refractivity contribution in [2.75, 3.05) is 6.61 Å². The zero-order chi connectivity index (χ0) is 18.8. The first-order valence-corrected chi connectivity index (χ1v) is 9.04. The summed E-state index contributed by atoms with van der Waals surface area (Å²) >= 11 is 0. The number of esters is 1. The average molecular weight is 341 g/mol. The third-order valence-electron chi connectivity index (χ3n) is 3.44. The molecule has 4 heteroatoms. The van der Waals surface area contributed by atoms with Crippen molar-refractivity contribution in [2.45, 2.75) is 85.0 Å². The minimum Gasteiger partial charge on any atom is -0.478 e. The fraction of sp³-hybridized carbons (Fsp3) is 0.700. The van der Waals surface area contributed by atoms with Gasteiger partial charge < -0.3 is 9.84 Å². The van der Waals surface area contributed by atoms with Crippen LogP contribution in [0.2, 0.25) is 0 Å². The highest BCUT2D eigenvalue weighted by atomic mass is 16.5. The monoisotopic (exact) mass is 340 g/mol. The van der Waals surface area contributed by atoms with Gasteiger partial charge in [0.2, 0.25) is 0 Å². The molecule has 0 aromatic carbocycles. The van der Waals surface area contributed by atoms with Crippen LogP contribution in [0.4, 0.5) is 0 Å². The smallest absolute Gasteiger partial charge is 0.333 e. The van der Waals surface area contributed by atoms with Gasteiger partial charge in [0.25, 0.3) is 0 Å². The lowest BCUT2D eigenvalue weighted by Crippen LogP contribution is -2.05. The van der Waals surface area contributed by atoms with E-state index in [4.69, 9.17) is 9.84 Å². The molecular formula is C20H36O4. The summed E-state index contributed by atoms with van der Waals surface area (Å²) in [4.78, 5) is 20.7. The molecule has 0 unspecified atom stereocenters. The van der Waals surface area contributed by atoms with Gasteiger partial charge in [-0.15, -0.1) is 0 Å². The van der Waals surface area contributed by atoms with E-state index in [1.54, 1.807) is 6.92 Å². The van der Waals surface area contributed by atoms with Gasteiger partial charge in [0.1, 0.15) is 0 Å². The maximum atomic E-state index is 11.1. The fourth-order valence-corrected chi connectivity index (χ4v) is 1.88. The van der Waals surface area contributed by atoms with Gasteiger partial charge in [-0.25, -0.2) is 9.59 Å². The number of carboxylic acid groups (broad SMARTS) is 1. The van der Waals surface area contributed by atoms with E-state index in [1.807, 2.05) is 0 Å². The molecule has 0 aliphatic rings. The molecule has 0 aromatic rings. The SMILES string of the molecule is C=C(C)C(=O)O.C=C(C)C(=O)OCCCCCCCCCCCC. The van der Waals surface area contributed by atoms with Crippen molar-refractivity contribution in [3.8, 4) is 0 Å². The van der Waals surface area contributed by atoms with Crippen molar-refractivity contribution in [3.05, 3.63) is 24.3 Å². The van der Waals surface area contributed by atoms with Crippen LogP contribution >= 0.6 is 0 Å². The van der Waals surface area contributed by atoms with Crippen LogP contribution in [0.3, 0.4) is 0 Å². The Balaban J connectivity index is 0. The van der Waals surface area contributed by atoms with Crippen LogP contribution in [0.15, 0.2) is 24.3 Å². The predicted octanol–water partition coefficient (Wildman–Crippen LogP) is 5.67. The van der Waals surface area contributed by atoms with E-state index in [0.717, 1.165) is 6.42 Å². The van der Waals surface area contributed by atoms with Gasteiger partial charge in [-0.05, 0) is 20.3 Å². The normalized spacial score (nSPS) is 9.62. The number of carbonyl (C=O) groups excluding carboxylic acids is 1. The second-order valence-corrected chi connectivity index (χ2v) is 6.18. The summed E-state index contributed by atoms with van der Waals surface area (Å²) in [6, 6.07) is 0. The second-order valence-electron chi connectivity index (χ2n) is 6.18. The van der Waals surface area contributed by atoms with Gasteiger partial charge in [-0.2, -0.15) is 0 Å². The molecule has 0 atom stereocenters. The van der Waals surface area contributed by atoms with Crippen molar-refractivity contribution < 1.29 is 19.4 Å².